The van der Waals surface area contributed by atoms with Gasteiger partial charge in [-0.3, -0.25) is 28.8 Å². The summed E-state index contributed by atoms with van der Waals surface area (Å²) in [5.74, 6) is -4.83. The van der Waals surface area contributed by atoms with E-state index in [-0.39, 0.29) is 48.4 Å². The third-order valence-corrected chi connectivity index (χ3v) is 8.25. The van der Waals surface area contributed by atoms with Gasteiger partial charge in [-0.25, -0.2) is 0 Å². The van der Waals surface area contributed by atoms with Crippen molar-refractivity contribution in [3.05, 3.63) is 36.0 Å². The van der Waals surface area contributed by atoms with Crippen molar-refractivity contribution in [1.29, 1.82) is 0 Å². The fourth-order valence-corrected chi connectivity index (χ4v) is 5.83. The molecule has 0 aromatic carbocycles. The molecule has 12 nitrogen and oxygen atoms in total. The molecule has 240 valence electrons. The van der Waals surface area contributed by atoms with Crippen LogP contribution in [0.4, 0.5) is 0 Å². The zero-order chi connectivity index (χ0) is 32.2. The fourth-order valence-electron chi connectivity index (χ4n) is 4.40. The van der Waals surface area contributed by atoms with Crippen LogP contribution < -0.4 is 16.4 Å². The molecule has 0 spiro atoms. The fraction of sp³-hybridized carbons (Fsp3) is 0.600. The van der Waals surface area contributed by atoms with Gasteiger partial charge >= 0.3 is 17.9 Å². The summed E-state index contributed by atoms with van der Waals surface area (Å²) in [7, 11) is 0. The lowest BCUT2D eigenvalue weighted by Crippen LogP contribution is -2.49. The highest BCUT2D eigenvalue weighted by Crippen LogP contribution is 2.39. The summed E-state index contributed by atoms with van der Waals surface area (Å²) in [6.45, 7) is 1.48. The lowest BCUT2D eigenvalue weighted by molar-refractivity contribution is -0.139. The number of nitrogens with two attached hydrogens (primary N) is 1. The molecule has 0 aromatic heterocycles. The van der Waals surface area contributed by atoms with E-state index in [9.17, 15) is 28.8 Å². The lowest BCUT2D eigenvalue weighted by Gasteiger charge is -2.22. The van der Waals surface area contributed by atoms with E-state index in [0.717, 1.165) is 25.7 Å². The molecule has 2 amide bonds. The van der Waals surface area contributed by atoms with Crippen LogP contribution in [-0.2, 0) is 28.8 Å². The van der Waals surface area contributed by atoms with Crippen LogP contribution in [0.1, 0.15) is 77.6 Å². The minimum Gasteiger partial charge on any atom is -0.481 e. The number of rotatable bonds is 22. The number of allylic oxidation sites excluding steroid dienone is 6. The maximum Gasteiger partial charge on any atom is 0.322 e. The number of aliphatic carboxylic acids is 3. The number of nitrogens with one attached hydrogen (secondary N) is 2. The van der Waals surface area contributed by atoms with Crippen molar-refractivity contribution >= 4 is 47.3 Å². The van der Waals surface area contributed by atoms with Crippen LogP contribution in [0, 0.1) is 5.92 Å². The Morgan fingerprint density at radius 1 is 1.00 bits per heavy atom. The highest BCUT2D eigenvalue weighted by Gasteiger charge is 2.38. The van der Waals surface area contributed by atoms with Crippen LogP contribution in [0.2, 0.25) is 0 Å². The summed E-state index contributed by atoms with van der Waals surface area (Å²) in [5.41, 5.74) is 6.13. The number of carboxylic acid groups (broad SMARTS) is 3. The van der Waals surface area contributed by atoms with E-state index in [4.69, 9.17) is 21.1 Å². The third kappa shape index (κ3) is 16.1. The zero-order valence-corrected chi connectivity index (χ0v) is 25.5. The molecule has 1 aliphatic rings. The number of carboxylic acids is 3. The molecular weight excluding hydrogens is 578 g/mol. The van der Waals surface area contributed by atoms with Crippen molar-refractivity contribution < 1.29 is 44.1 Å². The molecule has 4 atom stereocenters. The molecule has 0 bridgehead atoms. The minimum atomic E-state index is -1.26. The molecule has 0 radical (unpaired) electrons. The molecule has 1 fully saturated rings. The quantitative estimate of drug-likeness (QED) is 0.0586. The van der Waals surface area contributed by atoms with Crippen molar-refractivity contribution in [3.63, 3.8) is 0 Å². The molecule has 0 aliphatic heterocycles. The van der Waals surface area contributed by atoms with Crippen molar-refractivity contribution in [3.8, 4) is 0 Å². The van der Waals surface area contributed by atoms with Crippen LogP contribution in [0.25, 0.3) is 0 Å². The number of thioether (sulfide) groups is 1. The van der Waals surface area contributed by atoms with Gasteiger partial charge in [-0.05, 0) is 44.1 Å². The number of hydrogen-bond donors (Lipinski definition) is 6. The Bertz CT molecular complexity index is 1060. The van der Waals surface area contributed by atoms with Gasteiger partial charge in [0.15, 0.2) is 5.78 Å². The molecule has 43 heavy (non-hydrogen) atoms. The molecule has 0 saturated heterocycles. The maximum absolute atomic E-state index is 13.0. The van der Waals surface area contributed by atoms with E-state index < -0.39 is 48.4 Å². The average Bonchev–Trinajstić information content (AvgIpc) is 3.25. The number of unbranched alkanes of at least 4 members (excludes halogenated alkanes) is 4. The van der Waals surface area contributed by atoms with E-state index in [0.29, 0.717) is 24.8 Å². The first kappa shape index (κ1) is 37.6. The third-order valence-electron chi connectivity index (χ3n) is 6.80. The summed E-state index contributed by atoms with van der Waals surface area (Å²) in [5, 5.41) is 31.3. The van der Waals surface area contributed by atoms with E-state index in [2.05, 4.69) is 17.6 Å². The number of Topliss-reactive ketones (excluding diaryl/α,β-unsaturated/α-hetero) is 1. The summed E-state index contributed by atoms with van der Waals surface area (Å²) in [4.78, 5) is 71.0. The van der Waals surface area contributed by atoms with Gasteiger partial charge in [0.2, 0.25) is 11.8 Å². The maximum atomic E-state index is 13.0. The van der Waals surface area contributed by atoms with Crippen LogP contribution in [0.15, 0.2) is 36.0 Å². The summed E-state index contributed by atoms with van der Waals surface area (Å²) in [6, 6.07) is -2.36. The van der Waals surface area contributed by atoms with Gasteiger partial charge in [0.1, 0.15) is 18.6 Å². The number of ketones is 1. The first-order chi connectivity index (χ1) is 20.5. The van der Waals surface area contributed by atoms with Gasteiger partial charge in [-0.2, -0.15) is 11.8 Å². The first-order valence-corrected chi connectivity index (χ1v) is 15.7. The molecule has 1 aliphatic carbocycles. The molecular formula is C30H45N3O9S. The second-order valence-corrected chi connectivity index (χ2v) is 11.6. The predicted molar refractivity (Wildman–Crippen MR) is 163 cm³/mol. The number of amides is 2. The van der Waals surface area contributed by atoms with E-state index in [1.807, 2.05) is 30.4 Å². The van der Waals surface area contributed by atoms with Crippen LogP contribution in [-0.4, -0.2) is 80.5 Å². The lowest BCUT2D eigenvalue weighted by atomic mass is 9.97. The second kappa shape index (κ2) is 21.3. The SMILES string of the molecule is CCCCC/C=C/C=C1/C(=O)CC(SC[C@H](NC(=O)CC[C@H](N)C(=O)O)C(=O)NCC(=O)O)[C@@H]1C/C=C\CCCC(=O)O. The average molecular weight is 624 g/mol. The topological polar surface area (TPSA) is 213 Å². The first-order valence-electron chi connectivity index (χ1n) is 14.6. The van der Waals surface area contributed by atoms with Crippen molar-refractivity contribution in [2.24, 2.45) is 11.7 Å². The molecule has 1 rings (SSSR count). The van der Waals surface area contributed by atoms with Crippen LogP contribution in [0.5, 0.6) is 0 Å². The monoisotopic (exact) mass is 623 g/mol. The number of hydrogen-bond acceptors (Lipinski definition) is 8. The molecule has 0 aromatic rings. The van der Waals surface area contributed by atoms with Gasteiger partial charge in [0.25, 0.3) is 0 Å². The summed E-state index contributed by atoms with van der Waals surface area (Å²) < 4.78 is 0. The van der Waals surface area contributed by atoms with Gasteiger partial charge in [0.05, 0.1) is 0 Å². The van der Waals surface area contributed by atoms with Crippen LogP contribution >= 0.6 is 11.8 Å². The largest absolute Gasteiger partial charge is 0.481 e. The van der Waals surface area contributed by atoms with Gasteiger partial charge in [-0.15, -0.1) is 0 Å². The molecule has 7 N–H and O–H groups in total. The highest BCUT2D eigenvalue weighted by atomic mass is 32.2. The Kier molecular flexibility index (Phi) is 18.6. The summed E-state index contributed by atoms with van der Waals surface area (Å²) >= 11 is 1.32. The molecule has 1 saturated carbocycles. The number of carbonyl (C=O) groups excluding carboxylic acids is 3. The van der Waals surface area contributed by atoms with Crippen molar-refractivity contribution in [2.75, 3.05) is 12.3 Å². The van der Waals surface area contributed by atoms with Gasteiger partial charge in [-0.1, -0.05) is 50.1 Å². The highest BCUT2D eigenvalue weighted by molar-refractivity contribution is 8.00. The van der Waals surface area contributed by atoms with Crippen molar-refractivity contribution in [1.82, 2.24) is 10.6 Å². The molecule has 13 heteroatoms. The Morgan fingerprint density at radius 2 is 1.72 bits per heavy atom. The molecule has 0 heterocycles. The Hall–Kier alpha value is -3.45. The van der Waals surface area contributed by atoms with Gasteiger partial charge in [0, 0.05) is 36.2 Å². The summed E-state index contributed by atoms with van der Waals surface area (Å²) in [6.07, 6.45) is 15.3. The minimum absolute atomic E-state index is 0.0152. The van der Waals surface area contributed by atoms with E-state index >= 15 is 0 Å². The van der Waals surface area contributed by atoms with Gasteiger partial charge < -0.3 is 31.7 Å². The smallest absolute Gasteiger partial charge is 0.322 e. The Balaban J connectivity index is 3.02. The standard InChI is InChI=1S/C30H45N3O9S/c1-2-3-4-5-6-9-12-20-21(13-10-7-8-11-14-27(36)37)25(17-24(20)34)43-19-23(29(40)32-18-28(38)39)33-26(35)16-15-22(31)30(41)42/h6-7,9-10,12,21-23,25H,2-5,8,11,13-19,31H2,1H3,(H,32,40)(H,33,35)(H,36,37)(H,38,39)(H,41,42)/b9-6+,10-7-,20-12+/t21-,22+,23+,25?/m1/s1. The van der Waals surface area contributed by atoms with E-state index in [1.165, 1.54) is 11.8 Å². The Labute approximate surface area is 256 Å². The molecule has 1 unspecified atom stereocenters. The predicted octanol–water partition coefficient (Wildman–Crippen LogP) is 2.82. The Morgan fingerprint density at radius 3 is 2.37 bits per heavy atom. The van der Waals surface area contributed by atoms with Crippen LogP contribution in [0.3, 0.4) is 0 Å². The number of carbonyl (C=O) groups is 6. The van der Waals surface area contributed by atoms with Crippen molar-refractivity contribution in [2.45, 2.75) is 94.9 Å². The van der Waals surface area contributed by atoms with E-state index in [1.54, 1.807) is 0 Å². The normalized spacial score (nSPS) is 19.1. The zero-order valence-electron chi connectivity index (χ0n) is 24.7. The second-order valence-electron chi connectivity index (χ2n) is 10.4.